The fraction of sp³-hybridized carbons (Fsp3) is 0.588. The Balaban J connectivity index is 1.66. The Bertz CT molecular complexity index is 480. The van der Waals surface area contributed by atoms with E-state index in [1.165, 1.54) is 19.3 Å². The highest BCUT2D eigenvalue weighted by Gasteiger charge is 2.31. The lowest BCUT2D eigenvalue weighted by molar-refractivity contribution is -0.138. The molecule has 0 aromatic heterocycles. The van der Waals surface area contributed by atoms with Gasteiger partial charge in [0.2, 0.25) is 5.91 Å². The quantitative estimate of drug-likeness (QED) is 0.829. The average molecular weight is 273 g/mol. The molecule has 108 valence electrons. The first kappa shape index (κ1) is 13.5. The van der Waals surface area contributed by atoms with Crippen LogP contribution in [0.1, 0.15) is 37.7 Å². The topological polar surface area (TPSA) is 29.5 Å². The highest BCUT2D eigenvalue weighted by molar-refractivity contribution is 5.79. The molecule has 1 unspecified atom stereocenters. The van der Waals surface area contributed by atoms with Crippen molar-refractivity contribution < 1.29 is 9.53 Å². The first-order valence-corrected chi connectivity index (χ1v) is 7.73. The van der Waals surface area contributed by atoms with Crippen molar-refractivity contribution in [2.75, 3.05) is 13.7 Å². The van der Waals surface area contributed by atoms with Gasteiger partial charge in [0.05, 0.1) is 5.92 Å². The maximum absolute atomic E-state index is 12.7. The van der Waals surface area contributed by atoms with Crippen LogP contribution in [0.2, 0.25) is 0 Å². The molecule has 3 heteroatoms. The molecule has 3 nitrogen and oxygen atoms in total. The van der Waals surface area contributed by atoms with Crippen molar-refractivity contribution in [2.24, 2.45) is 5.92 Å². The molecular weight excluding hydrogens is 250 g/mol. The summed E-state index contributed by atoms with van der Waals surface area (Å²) in [6.45, 7) is 0.521. The average Bonchev–Trinajstić information content (AvgIpc) is 2.54. The first-order valence-electron chi connectivity index (χ1n) is 7.73. The van der Waals surface area contributed by atoms with Crippen LogP contribution in [0.4, 0.5) is 0 Å². The lowest BCUT2D eigenvalue weighted by Crippen LogP contribution is -2.44. The molecule has 1 heterocycles. The number of fused-ring (bicyclic) bond motifs is 1. The molecule has 0 bridgehead atoms. The molecule has 1 aromatic carbocycles. The summed E-state index contributed by atoms with van der Waals surface area (Å²) >= 11 is 0. The maximum atomic E-state index is 12.7. The minimum absolute atomic E-state index is 0.0168. The molecule has 0 spiro atoms. The number of rotatable bonds is 2. The van der Waals surface area contributed by atoms with Crippen LogP contribution in [-0.2, 0) is 11.2 Å². The van der Waals surface area contributed by atoms with Crippen LogP contribution in [0.15, 0.2) is 24.3 Å². The number of nitrogens with zero attached hydrogens (tertiary/aromatic N) is 1. The first-order chi connectivity index (χ1) is 9.75. The van der Waals surface area contributed by atoms with Crippen LogP contribution in [0.5, 0.6) is 5.75 Å². The van der Waals surface area contributed by atoms with Crippen LogP contribution < -0.4 is 4.74 Å². The van der Waals surface area contributed by atoms with Gasteiger partial charge in [-0.2, -0.15) is 0 Å². The molecular formula is C17H23NO2. The molecule has 0 N–H and O–H groups in total. The van der Waals surface area contributed by atoms with E-state index in [9.17, 15) is 4.79 Å². The summed E-state index contributed by atoms with van der Waals surface area (Å²) in [4.78, 5) is 14.6. The highest BCUT2D eigenvalue weighted by atomic mass is 16.5. The monoisotopic (exact) mass is 273 g/mol. The minimum Gasteiger partial charge on any atom is -0.492 e. The van der Waals surface area contributed by atoms with Crippen molar-refractivity contribution in [3.8, 4) is 5.75 Å². The smallest absolute Gasteiger partial charge is 0.229 e. The molecule has 1 saturated carbocycles. The SMILES string of the molecule is CN(C(=O)C1COc2ccccc2C1)C1CCCCC1. The summed E-state index contributed by atoms with van der Waals surface area (Å²) in [6, 6.07) is 8.49. The fourth-order valence-electron chi connectivity index (χ4n) is 3.42. The molecule has 1 aliphatic carbocycles. The molecule has 3 rings (SSSR count). The van der Waals surface area contributed by atoms with Gasteiger partial charge in [-0.15, -0.1) is 0 Å². The van der Waals surface area contributed by atoms with Gasteiger partial charge in [-0.1, -0.05) is 37.5 Å². The van der Waals surface area contributed by atoms with Crippen molar-refractivity contribution in [2.45, 2.75) is 44.6 Å². The zero-order valence-electron chi connectivity index (χ0n) is 12.2. The number of ether oxygens (including phenoxy) is 1. The molecule has 0 saturated heterocycles. The third-order valence-corrected chi connectivity index (χ3v) is 4.70. The van der Waals surface area contributed by atoms with E-state index in [2.05, 4.69) is 6.07 Å². The standard InChI is InChI=1S/C17H23NO2/c1-18(15-8-3-2-4-9-15)17(19)14-11-13-7-5-6-10-16(13)20-12-14/h5-7,10,14-15H,2-4,8-9,11-12H2,1H3. The zero-order chi connectivity index (χ0) is 13.9. The van der Waals surface area contributed by atoms with E-state index < -0.39 is 0 Å². The normalized spacial score (nSPS) is 22.8. The summed E-state index contributed by atoms with van der Waals surface area (Å²) in [5.41, 5.74) is 1.16. The van der Waals surface area contributed by atoms with Gasteiger partial charge in [-0.05, 0) is 30.9 Å². The fourth-order valence-corrected chi connectivity index (χ4v) is 3.42. The molecule has 1 aliphatic heterocycles. The van der Waals surface area contributed by atoms with Crippen molar-refractivity contribution >= 4 is 5.91 Å². The van der Waals surface area contributed by atoms with E-state index in [1.54, 1.807) is 0 Å². The van der Waals surface area contributed by atoms with E-state index in [0.29, 0.717) is 12.6 Å². The summed E-state index contributed by atoms with van der Waals surface area (Å²) in [6.07, 6.45) is 6.96. The number of hydrogen-bond acceptors (Lipinski definition) is 2. The van der Waals surface area contributed by atoms with E-state index >= 15 is 0 Å². The maximum Gasteiger partial charge on any atom is 0.229 e. The summed E-state index contributed by atoms with van der Waals surface area (Å²) in [5, 5.41) is 0. The largest absolute Gasteiger partial charge is 0.492 e. The molecule has 1 aromatic rings. The predicted octanol–water partition coefficient (Wildman–Crippen LogP) is 3.03. The van der Waals surface area contributed by atoms with Crippen LogP contribution in [0.3, 0.4) is 0 Å². The van der Waals surface area contributed by atoms with E-state index in [4.69, 9.17) is 4.74 Å². The highest BCUT2D eigenvalue weighted by Crippen LogP contribution is 2.29. The number of carbonyl (C=O) groups is 1. The number of hydrogen-bond donors (Lipinski definition) is 0. The summed E-state index contributed by atoms with van der Waals surface area (Å²) < 4.78 is 5.75. The van der Waals surface area contributed by atoms with Crippen molar-refractivity contribution in [3.63, 3.8) is 0 Å². The Morgan fingerprint density at radius 2 is 1.95 bits per heavy atom. The number of para-hydroxylation sites is 1. The second-order valence-electron chi connectivity index (χ2n) is 6.06. The zero-order valence-corrected chi connectivity index (χ0v) is 12.2. The number of benzene rings is 1. The van der Waals surface area contributed by atoms with Gasteiger partial charge >= 0.3 is 0 Å². The third-order valence-electron chi connectivity index (χ3n) is 4.70. The Hall–Kier alpha value is -1.51. The lowest BCUT2D eigenvalue weighted by atomic mass is 9.91. The van der Waals surface area contributed by atoms with Crippen LogP contribution >= 0.6 is 0 Å². The van der Waals surface area contributed by atoms with Crippen LogP contribution in [0.25, 0.3) is 0 Å². The van der Waals surface area contributed by atoms with Crippen molar-refractivity contribution in [1.82, 2.24) is 4.90 Å². The van der Waals surface area contributed by atoms with E-state index in [1.807, 2.05) is 30.1 Å². The van der Waals surface area contributed by atoms with E-state index in [0.717, 1.165) is 30.6 Å². The molecule has 0 radical (unpaired) electrons. The van der Waals surface area contributed by atoms with Gasteiger partial charge in [-0.3, -0.25) is 4.79 Å². The Morgan fingerprint density at radius 1 is 1.20 bits per heavy atom. The van der Waals surface area contributed by atoms with E-state index in [-0.39, 0.29) is 11.8 Å². The van der Waals surface area contributed by atoms with Crippen LogP contribution in [0, 0.1) is 5.92 Å². The molecule has 1 fully saturated rings. The minimum atomic E-state index is -0.0168. The number of amides is 1. The summed E-state index contributed by atoms with van der Waals surface area (Å²) in [7, 11) is 1.97. The van der Waals surface area contributed by atoms with Gasteiger partial charge in [-0.25, -0.2) is 0 Å². The molecule has 2 aliphatic rings. The molecule has 1 atom stereocenters. The van der Waals surface area contributed by atoms with Gasteiger partial charge in [0, 0.05) is 13.1 Å². The Kier molecular flexibility index (Phi) is 3.95. The Morgan fingerprint density at radius 3 is 2.75 bits per heavy atom. The lowest BCUT2D eigenvalue weighted by Gasteiger charge is -2.35. The van der Waals surface area contributed by atoms with Gasteiger partial charge in [0.1, 0.15) is 12.4 Å². The Labute approximate surface area is 120 Å². The molecule has 1 amide bonds. The van der Waals surface area contributed by atoms with Gasteiger partial charge in [0.15, 0.2) is 0 Å². The number of carbonyl (C=O) groups excluding carboxylic acids is 1. The van der Waals surface area contributed by atoms with Gasteiger partial charge < -0.3 is 9.64 Å². The van der Waals surface area contributed by atoms with Gasteiger partial charge in [0.25, 0.3) is 0 Å². The summed E-state index contributed by atoms with van der Waals surface area (Å²) in [5.74, 6) is 1.18. The van der Waals surface area contributed by atoms with Crippen molar-refractivity contribution in [3.05, 3.63) is 29.8 Å². The van der Waals surface area contributed by atoms with Crippen LogP contribution in [-0.4, -0.2) is 30.5 Å². The third kappa shape index (κ3) is 2.67. The predicted molar refractivity (Wildman–Crippen MR) is 78.8 cm³/mol. The second-order valence-corrected chi connectivity index (χ2v) is 6.06. The van der Waals surface area contributed by atoms with Crippen molar-refractivity contribution in [1.29, 1.82) is 0 Å². The second kappa shape index (κ2) is 5.86. The molecule has 20 heavy (non-hydrogen) atoms.